The molecule has 0 bridgehead atoms. The highest BCUT2D eigenvalue weighted by atomic mass is 19.1. The van der Waals surface area contributed by atoms with Gasteiger partial charge in [0, 0.05) is 37.3 Å². The molecule has 1 N–H and O–H groups in total. The van der Waals surface area contributed by atoms with Gasteiger partial charge in [0.1, 0.15) is 11.6 Å². The first-order valence-corrected chi connectivity index (χ1v) is 6.49. The molecule has 0 amide bonds. The van der Waals surface area contributed by atoms with Gasteiger partial charge in [-0.15, -0.1) is 0 Å². The SMILES string of the molecule is CC(c1ccc(O)cc1F)N1CCCN(C)CC1. The zero-order valence-electron chi connectivity index (χ0n) is 11.1. The third-order valence-corrected chi connectivity index (χ3v) is 3.74. The number of hydrogen-bond acceptors (Lipinski definition) is 3. The minimum Gasteiger partial charge on any atom is -0.508 e. The van der Waals surface area contributed by atoms with Crippen LogP contribution in [-0.2, 0) is 0 Å². The van der Waals surface area contributed by atoms with Gasteiger partial charge >= 0.3 is 0 Å². The van der Waals surface area contributed by atoms with E-state index in [1.54, 1.807) is 12.1 Å². The largest absolute Gasteiger partial charge is 0.508 e. The second-order valence-corrected chi connectivity index (χ2v) is 5.07. The monoisotopic (exact) mass is 252 g/mol. The van der Waals surface area contributed by atoms with Crippen LogP contribution in [0.3, 0.4) is 0 Å². The Morgan fingerprint density at radius 1 is 1.22 bits per heavy atom. The van der Waals surface area contributed by atoms with Gasteiger partial charge in [-0.25, -0.2) is 4.39 Å². The summed E-state index contributed by atoms with van der Waals surface area (Å²) in [4.78, 5) is 4.61. The molecular weight excluding hydrogens is 231 g/mol. The van der Waals surface area contributed by atoms with Gasteiger partial charge in [-0.05, 0) is 33.0 Å². The lowest BCUT2D eigenvalue weighted by Crippen LogP contribution is -2.31. The average Bonchev–Trinajstić information content (AvgIpc) is 2.53. The van der Waals surface area contributed by atoms with Crippen LogP contribution in [0.15, 0.2) is 18.2 Å². The molecule has 3 nitrogen and oxygen atoms in total. The van der Waals surface area contributed by atoms with Crippen LogP contribution in [0.25, 0.3) is 0 Å². The lowest BCUT2D eigenvalue weighted by atomic mass is 10.1. The average molecular weight is 252 g/mol. The number of benzene rings is 1. The lowest BCUT2D eigenvalue weighted by Gasteiger charge is -2.28. The summed E-state index contributed by atoms with van der Waals surface area (Å²) in [5.74, 6) is -0.334. The number of rotatable bonds is 2. The molecule has 0 spiro atoms. The Morgan fingerprint density at radius 2 is 2.00 bits per heavy atom. The van der Waals surface area contributed by atoms with Crippen molar-refractivity contribution < 1.29 is 9.50 Å². The fourth-order valence-electron chi connectivity index (χ4n) is 2.51. The Kier molecular flexibility index (Phi) is 4.19. The molecule has 18 heavy (non-hydrogen) atoms. The summed E-state index contributed by atoms with van der Waals surface area (Å²) in [6.45, 7) is 6.09. The van der Waals surface area contributed by atoms with Gasteiger partial charge in [-0.3, -0.25) is 4.90 Å². The van der Waals surface area contributed by atoms with Gasteiger partial charge in [0.15, 0.2) is 0 Å². The van der Waals surface area contributed by atoms with Crippen LogP contribution in [0.5, 0.6) is 5.75 Å². The maximum atomic E-state index is 13.8. The number of phenolic OH excluding ortho intramolecular Hbond substituents is 1. The second-order valence-electron chi connectivity index (χ2n) is 5.07. The summed E-state index contributed by atoms with van der Waals surface area (Å²) in [6, 6.07) is 4.48. The number of nitrogens with zero attached hydrogens (tertiary/aromatic N) is 2. The van der Waals surface area contributed by atoms with E-state index in [1.807, 2.05) is 6.92 Å². The zero-order valence-corrected chi connectivity index (χ0v) is 11.1. The van der Waals surface area contributed by atoms with E-state index in [9.17, 15) is 9.50 Å². The van der Waals surface area contributed by atoms with Crippen molar-refractivity contribution in [3.8, 4) is 5.75 Å². The summed E-state index contributed by atoms with van der Waals surface area (Å²) >= 11 is 0. The molecule has 1 aromatic carbocycles. The van der Waals surface area contributed by atoms with Gasteiger partial charge in [0.25, 0.3) is 0 Å². The molecule has 1 saturated heterocycles. The van der Waals surface area contributed by atoms with Crippen molar-refractivity contribution in [1.29, 1.82) is 0 Å². The summed E-state index contributed by atoms with van der Waals surface area (Å²) < 4.78 is 13.8. The molecule has 1 aliphatic rings. The molecule has 2 rings (SSSR count). The Balaban J connectivity index is 2.12. The normalized spacial score (nSPS) is 20.6. The first-order chi connectivity index (χ1) is 8.58. The summed E-state index contributed by atoms with van der Waals surface area (Å²) in [6.07, 6.45) is 1.11. The van der Waals surface area contributed by atoms with E-state index in [-0.39, 0.29) is 17.6 Å². The van der Waals surface area contributed by atoms with Gasteiger partial charge in [0.05, 0.1) is 0 Å². The predicted molar refractivity (Wildman–Crippen MR) is 70.2 cm³/mol. The van der Waals surface area contributed by atoms with Crippen molar-refractivity contribution in [2.45, 2.75) is 19.4 Å². The molecule has 100 valence electrons. The first-order valence-electron chi connectivity index (χ1n) is 6.49. The first kappa shape index (κ1) is 13.3. The smallest absolute Gasteiger partial charge is 0.131 e. The van der Waals surface area contributed by atoms with Gasteiger partial charge < -0.3 is 10.0 Å². The predicted octanol–water partition coefficient (Wildman–Crippen LogP) is 2.23. The standard InChI is InChI=1S/C14H21FN2O/c1-11(13-5-4-12(18)10-14(13)15)17-7-3-6-16(2)8-9-17/h4-5,10-11,18H,3,6-9H2,1-2H3. The molecule has 1 unspecified atom stereocenters. The van der Waals surface area contributed by atoms with Crippen molar-refractivity contribution in [3.05, 3.63) is 29.6 Å². The van der Waals surface area contributed by atoms with E-state index in [0.717, 1.165) is 32.6 Å². The van der Waals surface area contributed by atoms with Crippen molar-refractivity contribution in [2.24, 2.45) is 0 Å². The van der Waals surface area contributed by atoms with E-state index in [0.29, 0.717) is 5.56 Å². The zero-order chi connectivity index (χ0) is 13.1. The summed E-state index contributed by atoms with van der Waals surface area (Å²) in [5, 5.41) is 9.25. The highest BCUT2D eigenvalue weighted by molar-refractivity contribution is 5.29. The van der Waals surface area contributed by atoms with Crippen molar-refractivity contribution in [2.75, 3.05) is 33.2 Å². The lowest BCUT2D eigenvalue weighted by molar-refractivity contribution is 0.213. The van der Waals surface area contributed by atoms with Crippen LogP contribution in [-0.4, -0.2) is 48.1 Å². The number of likely N-dealkylation sites (N-methyl/N-ethyl adjacent to an activating group) is 1. The summed E-state index contributed by atoms with van der Waals surface area (Å²) in [7, 11) is 2.12. The number of aromatic hydroxyl groups is 1. The minimum atomic E-state index is -0.319. The minimum absolute atomic E-state index is 0.0148. The van der Waals surface area contributed by atoms with Crippen LogP contribution < -0.4 is 0 Å². The Labute approximate surface area is 108 Å². The Hall–Kier alpha value is -1.13. The topological polar surface area (TPSA) is 26.7 Å². The van der Waals surface area contributed by atoms with Crippen molar-refractivity contribution >= 4 is 0 Å². The van der Waals surface area contributed by atoms with Crippen LogP contribution in [0.1, 0.15) is 24.9 Å². The van der Waals surface area contributed by atoms with E-state index >= 15 is 0 Å². The number of halogens is 1. The van der Waals surface area contributed by atoms with Crippen molar-refractivity contribution in [1.82, 2.24) is 9.80 Å². The van der Waals surface area contributed by atoms with Gasteiger partial charge in [0.2, 0.25) is 0 Å². The van der Waals surface area contributed by atoms with Crippen LogP contribution in [0, 0.1) is 5.82 Å². The third kappa shape index (κ3) is 3.00. The molecule has 0 saturated carbocycles. The molecule has 0 radical (unpaired) electrons. The fraction of sp³-hybridized carbons (Fsp3) is 0.571. The maximum Gasteiger partial charge on any atom is 0.131 e. The Morgan fingerprint density at radius 3 is 2.72 bits per heavy atom. The maximum absolute atomic E-state index is 13.8. The molecular formula is C14H21FN2O. The number of phenols is 1. The van der Waals surface area contributed by atoms with E-state index < -0.39 is 0 Å². The second kappa shape index (κ2) is 5.67. The van der Waals surface area contributed by atoms with E-state index in [4.69, 9.17) is 0 Å². The molecule has 1 atom stereocenters. The quantitative estimate of drug-likeness (QED) is 0.874. The fourth-order valence-corrected chi connectivity index (χ4v) is 2.51. The molecule has 4 heteroatoms. The molecule has 1 aliphatic heterocycles. The summed E-state index contributed by atoms with van der Waals surface area (Å²) in [5.41, 5.74) is 0.664. The molecule has 1 aromatic rings. The molecule has 1 fully saturated rings. The highest BCUT2D eigenvalue weighted by Crippen LogP contribution is 2.26. The number of hydrogen-bond donors (Lipinski definition) is 1. The van der Waals surface area contributed by atoms with E-state index in [1.165, 1.54) is 6.07 Å². The Bertz CT molecular complexity index is 411. The van der Waals surface area contributed by atoms with Gasteiger partial charge in [-0.2, -0.15) is 0 Å². The van der Waals surface area contributed by atoms with Crippen LogP contribution >= 0.6 is 0 Å². The molecule has 1 heterocycles. The molecule has 0 aromatic heterocycles. The van der Waals surface area contributed by atoms with Crippen LogP contribution in [0.2, 0.25) is 0 Å². The molecule has 0 aliphatic carbocycles. The van der Waals surface area contributed by atoms with E-state index in [2.05, 4.69) is 16.8 Å². The highest BCUT2D eigenvalue weighted by Gasteiger charge is 2.21. The third-order valence-electron chi connectivity index (χ3n) is 3.74. The van der Waals surface area contributed by atoms with Crippen molar-refractivity contribution in [3.63, 3.8) is 0 Å². The van der Waals surface area contributed by atoms with Crippen LogP contribution in [0.4, 0.5) is 4.39 Å². The van der Waals surface area contributed by atoms with Gasteiger partial charge in [-0.1, -0.05) is 6.07 Å².